The second-order valence-electron chi connectivity index (χ2n) is 6.32. The fraction of sp³-hybridized carbons (Fsp3) is 0.353. The summed E-state index contributed by atoms with van der Waals surface area (Å²) in [7, 11) is -1.71. The van der Waals surface area contributed by atoms with Crippen LogP contribution in [0.15, 0.2) is 29.6 Å². The predicted octanol–water partition coefficient (Wildman–Crippen LogP) is 2.09. The predicted molar refractivity (Wildman–Crippen MR) is 105 cm³/mol. The molecule has 1 atom stereocenters. The Morgan fingerprint density at radius 3 is 2.96 bits per heavy atom. The summed E-state index contributed by atoms with van der Waals surface area (Å²) in [5, 5.41) is 11.5. The van der Waals surface area contributed by atoms with Crippen molar-refractivity contribution in [1.82, 2.24) is 9.88 Å². The topological polar surface area (TPSA) is 106 Å². The third-order valence-electron chi connectivity index (χ3n) is 4.24. The van der Waals surface area contributed by atoms with Gasteiger partial charge in [-0.15, -0.1) is 11.3 Å². The number of hydrogen-bond acceptors (Lipinski definition) is 7. The first kappa shape index (κ1) is 19.1. The molecule has 1 saturated heterocycles. The first-order chi connectivity index (χ1) is 12.8. The van der Waals surface area contributed by atoms with Crippen molar-refractivity contribution in [3.8, 4) is 17.5 Å². The van der Waals surface area contributed by atoms with Crippen molar-refractivity contribution < 1.29 is 13.2 Å². The van der Waals surface area contributed by atoms with Gasteiger partial charge in [-0.25, -0.2) is 13.4 Å². The first-order valence-electron chi connectivity index (χ1n) is 8.26. The Morgan fingerprint density at radius 1 is 1.48 bits per heavy atom. The van der Waals surface area contributed by atoms with Gasteiger partial charge < -0.3 is 0 Å². The number of aromatic nitrogens is 1. The van der Waals surface area contributed by atoms with E-state index in [0.717, 1.165) is 18.2 Å². The van der Waals surface area contributed by atoms with Gasteiger partial charge in [0.15, 0.2) is 11.3 Å². The van der Waals surface area contributed by atoms with E-state index in [2.05, 4.69) is 15.9 Å². The van der Waals surface area contributed by atoms with Crippen LogP contribution in [0.4, 0.5) is 10.8 Å². The Kier molecular flexibility index (Phi) is 5.34. The average molecular weight is 406 g/mol. The zero-order valence-electron chi connectivity index (χ0n) is 14.9. The smallest absolute Gasteiger partial charge is 0.251 e. The van der Waals surface area contributed by atoms with Crippen LogP contribution in [0.1, 0.15) is 12.8 Å². The van der Waals surface area contributed by atoms with Gasteiger partial charge in [0.05, 0.1) is 11.9 Å². The lowest BCUT2D eigenvalue weighted by Crippen LogP contribution is -2.42. The quantitative estimate of drug-likeness (QED) is 0.764. The van der Waals surface area contributed by atoms with E-state index in [9.17, 15) is 13.2 Å². The van der Waals surface area contributed by atoms with Gasteiger partial charge in [0, 0.05) is 30.2 Å². The van der Waals surface area contributed by atoms with Gasteiger partial charge >= 0.3 is 0 Å². The molecule has 1 N–H and O–H groups in total. The normalized spacial score (nSPS) is 16.8. The van der Waals surface area contributed by atoms with Crippen molar-refractivity contribution in [1.29, 1.82) is 5.26 Å². The summed E-state index contributed by atoms with van der Waals surface area (Å²) in [6, 6.07) is 6.47. The minimum atomic E-state index is -3.36. The fourth-order valence-corrected chi connectivity index (χ4v) is 4.33. The van der Waals surface area contributed by atoms with Gasteiger partial charge in [0.2, 0.25) is 10.0 Å². The van der Waals surface area contributed by atoms with Crippen molar-refractivity contribution in [2.75, 3.05) is 29.5 Å². The zero-order valence-corrected chi connectivity index (χ0v) is 16.5. The molecule has 1 aromatic carbocycles. The fourth-order valence-electron chi connectivity index (χ4n) is 2.97. The largest absolute Gasteiger partial charge is 0.298 e. The van der Waals surface area contributed by atoms with E-state index in [1.54, 1.807) is 25.2 Å². The van der Waals surface area contributed by atoms with Crippen molar-refractivity contribution in [3.05, 3.63) is 29.6 Å². The third kappa shape index (κ3) is 4.37. The number of likely N-dealkylation sites (tertiary alicyclic amines) is 1. The van der Waals surface area contributed by atoms with Crippen LogP contribution in [0.25, 0.3) is 11.3 Å². The number of anilines is 2. The maximum atomic E-state index is 12.7. The molecule has 1 aromatic heterocycles. The number of nitriles is 1. The molecule has 0 aliphatic carbocycles. The van der Waals surface area contributed by atoms with Crippen LogP contribution < -0.4 is 9.62 Å². The Bertz CT molecular complexity index is 996. The number of nitrogens with zero attached hydrogens (tertiary/aromatic N) is 4. The monoisotopic (exact) mass is 405 g/mol. The van der Waals surface area contributed by atoms with Crippen LogP contribution in [0.2, 0.25) is 0 Å². The van der Waals surface area contributed by atoms with Crippen molar-refractivity contribution >= 4 is 38.1 Å². The standard InChI is InChI=1S/C17H19N5O3S2/c1-21(16(23)15-7-4-8-22(15)11-18)17-19-14(10-26-17)12-5-3-6-13(9-12)20-27(2,24)25/h3,5-6,9-10,15,20H,4,7-8H2,1-2H3. The SMILES string of the molecule is CN(C(=O)C1CCCN1C#N)c1nc(-c2cccc(NS(C)(=O)=O)c2)cs1. The lowest BCUT2D eigenvalue weighted by Gasteiger charge is -2.22. The highest BCUT2D eigenvalue weighted by atomic mass is 32.2. The van der Waals surface area contributed by atoms with E-state index in [-0.39, 0.29) is 5.91 Å². The summed E-state index contributed by atoms with van der Waals surface area (Å²) in [6.07, 6.45) is 4.64. The van der Waals surface area contributed by atoms with Crippen LogP contribution in [0, 0.1) is 11.5 Å². The van der Waals surface area contributed by atoms with Crippen molar-refractivity contribution in [3.63, 3.8) is 0 Å². The van der Waals surface area contributed by atoms with Crippen LogP contribution in [0.5, 0.6) is 0 Å². The highest BCUT2D eigenvalue weighted by Gasteiger charge is 2.33. The van der Waals surface area contributed by atoms with Gasteiger partial charge in [-0.2, -0.15) is 5.26 Å². The second kappa shape index (κ2) is 7.54. The Morgan fingerprint density at radius 2 is 2.26 bits per heavy atom. The van der Waals surface area contributed by atoms with Crippen molar-refractivity contribution in [2.45, 2.75) is 18.9 Å². The molecule has 2 heterocycles. The number of thiazole rings is 1. The zero-order chi connectivity index (χ0) is 19.6. The molecule has 1 aliphatic heterocycles. The molecule has 1 fully saturated rings. The van der Waals surface area contributed by atoms with Gasteiger partial charge in [-0.3, -0.25) is 19.3 Å². The number of amides is 1. The number of benzene rings is 1. The summed E-state index contributed by atoms with van der Waals surface area (Å²) >= 11 is 1.32. The highest BCUT2D eigenvalue weighted by molar-refractivity contribution is 7.92. The highest BCUT2D eigenvalue weighted by Crippen LogP contribution is 2.30. The minimum absolute atomic E-state index is 0.151. The minimum Gasteiger partial charge on any atom is -0.298 e. The van der Waals surface area contributed by atoms with Crippen molar-refractivity contribution in [2.24, 2.45) is 0 Å². The van der Waals surface area contributed by atoms with Gasteiger partial charge in [0.25, 0.3) is 5.91 Å². The molecule has 27 heavy (non-hydrogen) atoms. The molecule has 0 spiro atoms. The maximum absolute atomic E-state index is 12.7. The summed E-state index contributed by atoms with van der Waals surface area (Å²) < 4.78 is 25.2. The molecule has 0 saturated carbocycles. The molecule has 1 aliphatic rings. The summed E-state index contributed by atoms with van der Waals surface area (Å²) in [6.45, 7) is 0.601. The van der Waals surface area contributed by atoms with E-state index < -0.39 is 16.1 Å². The molecular formula is C17H19N5O3S2. The molecule has 1 unspecified atom stereocenters. The Hall–Kier alpha value is -2.64. The summed E-state index contributed by atoms with van der Waals surface area (Å²) in [5.74, 6) is -0.151. The van der Waals surface area contributed by atoms with Crippen LogP contribution in [0.3, 0.4) is 0 Å². The van der Waals surface area contributed by atoms with E-state index in [0.29, 0.717) is 29.5 Å². The molecule has 10 heteroatoms. The summed E-state index contributed by atoms with van der Waals surface area (Å²) in [4.78, 5) is 20.2. The number of carbonyl (C=O) groups is 1. The molecule has 3 rings (SSSR count). The number of carbonyl (C=O) groups excluding carboxylic acids is 1. The summed E-state index contributed by atoms with van der Waals surface area (Å²) in [5.41, 5.74) is 1.84. The van der Waals surface area contributed by atoms with Gasteiger partial charge in [-0.05, 0) is 25.0 Å². The lowest BCUT2D eigenvalue weighted by atomic mass is 10.1. The average Bonchev–Trinajstić information content (AvgIpc) is 3.28. The molecule has 0 bridgehead atoms. The molecule has 2 aromatic rings. The number of rotatable bonds is 5. The molecule has 0 radical (unpaired) electrons. The van der Waals surface area contributed by atoms with E-state index in [1.165, 1.54) is 21.1 Å². The lowest BCUT2D eigenvalue weighted by molar-refractivity contribution is -0.121. The molecular weight excluding hydrogens is 386 g/mol. The Labute approximate surface area is 162 Å². The van der Waals surface area contributed by atoms with E-state index in [1.807, 2.05) is 11.4 Å². The third-order valence-corrected chi connectivity index (χ3v) is 5.76. The maximum Gasteiger partial charge on any atom is 0.251 e. The van der Waals surface area contributed by atoms with Crippen LogP contribution in [-0.2, 0) is 14.8 Å². The second-order valence-corrected chi connectivity index (χ2v) is 8.90. The van der Waals surface area contributed by atoms with Crippen LogP contribution >= 0.6 is 11.3 Å². The first-order valence-corrected chi connectivity index (χ1v) is 11.0. The number of likely N-dealkylation sites (N-methyl/N-ethyl adjacent to an activating group) is 1. The number of hydrogen-bond donors (Lipinski definition) is 1. The van der Waals surface area contributed by atoms with Crippen LogP contribution in [-0.4, -0.2) is 50.1 Å². The van der Waals surface area contributed by atoms with Gasteiger partial charge in [0.1, 0.15) is 6.04 Å². The molecule has 8 nitrogen and oxygen atoms in total. The number of sulfonamides is 1. The van der Waals surface area contributed by atoms with E-state index in [4.69, 9.17) is 5.26 Å². The Balaban J connectivity index is 1.79. The van der Waals surface area contributed by atoms with E-state index >= 15 is 0 Å². The van der Waals surface area contributed by atoms with Gasteiger partial charge in [-0.1, -0.05) is 12.1 Å². The molecule has 1 amide bonds. The molecule has 142 valence electrons. The number of nitrogens with one attached hydrogen (secondary N) is 1.